The molecule has 1 saturated carbocycles. The van der Waals surface area contributed by atoms with Crippen molar-refractivity contribution < 1.29 is 9.90 Å². The van der Waals surface area contributed by atoms with Crippen molar-refractivity contribution in [3.05, 3.63) is 22.7 Å². The lowest BCUT2D eigenvalue weighted by molar-refractivity contribution is -0.142. The molecule has 0 saturated heterocycles. The maximum absolute atomic E-state index is 12.2. The third kappa shape index (κ3) is 2.77. The molecule has 6 nitrogen and oxygen atoms in total. The highest BCUT2D eigenvalue weighted by Gasteiger charge is 2.34. The number of hydrogen-bond acceptors (Lipinski definition) is 4. The van der Waals surface area contributed by atoms with Gasteiger partial charge >= 0.3 is 5.97 Å². The van der Waals surface area contributed by atoms with Crippen molar-refractivity contribution in [3.63, 3.8) is 0 Å². The van der Waals surface area contributed by atoms with E-state index in [0.717, 1.165) is 12.8 Å². The van der Waals surface area contributed by atoms with Crippen molar-refractivity contribution in [1.29, 1.82) is 0 Å². The molecule has 0 aromatic carbocycles. The molecule has 19 heavy (non-hydrogen) atoms. The summed E-state index contributed by atoms with van der Waals surface area (Å²) in [5, 5.41) is 12.1. The molecule has 1 unspecified atom stereocenters. The van der Waals surface area contributed by atoms with Crippen molar-refractivity contribution in [3.8, 4) is 0 Å². The molecule has 1 fully saturated rings. The predicted octanol–water partition coefficient (Wildman–Crippen LogP) is 1.63. The molecule has 1 aromatic heterocycles. The molecule has 2 N–H and O–H groups in total. The molecule has 0 aliphatic heterocycles. The van der Waals surface area contributed by atoms with Gasteiger partial charge in [-0.05, 0) is 26.2 Å². The quantitative estimate of drug-likeness (QED) is 0.816. The van der Waals surface area contributed by atoms with E-state index in [1.54, 1.807) is 17.7 Å². The zero-order valence-corrected chi connectivity index (χ0v) is 11.2. The zero-order chi connectivity index (χ0) is 14.0. The fraction of sp³-hybridized carbons (Fsp3) is 0.615. The van der Waals surface area contributed by atoms with E-state index in [2.05, 4.69) is 10.3 Å². The van der Waals surface area contributed by atoms with Crippen molar-refractivity contribution >= 4 is 11.8 Å². The van der Waals surface area contributed by atoms with Gasteiger partial charge in [0.25, 0.3) is 5.56 Å². The highest BCUT2D eigenvalue weighted by atomic mass is 16.4. The van der Waals surface area contributed by atoms with Crippen LogP contribution in [0.15, 0.2) is 17.2 Å². The average molecular weight is 265 g/mol. The van der Waals surface area contributed by atoms with Gasteiger partial charge in [-0.2, -0.15) is 0 Å². The van der Waals surface area contributed by atoms with E-state index in [1.807, 2.05) is 6.92 Å². The summed E-state index contributed by atoms with van der Waals surface area (Å²) in [7, 11) is 0. The Morgan fingerprint density at radius 1 is 1.63 bits per heavy atom. The first-order chi connectivity index (χ1) is 8.98. The fourth-order valence-electron chi connectivity index (χ4n) is 2.14. The Kier molecular flexibility index (Phi) is 3.59. The van der Waals surface area contributed by atoms with Crippen LogP contribution in [-0.4, -0.2) is 26.2 Å². The minimum absolute atomic E-state index is 0.118. The molecule has 0 radical (unpaired) electrons. The van der Waals surface area contributed by atoms with Crippen molar-refractivity contribution in [2.45, 2.75) is 51.1 Å². The maximum Gasteiger partial charge on any atom is 0.329 e. The Morgan fingerprint density at radius 3 is 2.84 bits per heavy atom. The lowest BCUT2D eigenvalue weighted by Crippen LogP contribution is -2.45. The van der Waals surface area contributed by atoms with Crippen LogP contribution in [0.4, 0.5) is 5.82 Å². The first kappa shape index (κ1) is 13.6. The SMILES string of the molecule is CCCC(C)(Nc1nccn(C2CC2)c1=O)C(=O)O. The summed E-state index contributed by atoms with van der Waals surface area (Å²) in [5.41, 5.74) is -1.41. The zero-order valence-electron chi connectivity index (χ0n) is 11.2. The molecular formula is C13H19N3O3. The number of carbonyl (C=O) groups is 1. The number of anilines is 1. The maximum atomic E-state index is 12.2. The molecule has 1 heterocycles. The predicted molar refractivity (Wildman–Crippen MR) is 71.3 cm³/mol. The van der Waals surface area contributed by atoms with Crippen LogP contribution >= 0.6 is 0 Å². The van der Waals surface area contributed by atoms with Crippen molar-refractivity contribution in [1.82, 2.24) is 9.55 Å². The molecule has 0 spiro atoms. The van der Waals surface area contributed by atoms with E-state index >= 15 is 0 Å². The van der Waals surface area contributed by atoms with Crippen molar-refractivity contribution in [2.75, 3.05) is 5.32 Å². The Labute approximate surface area is 111 Å². The lowest BCUT2D eigenvalue weighted by atomic mass is 9.96. The third-order valence-electron chi connectivity index (χ3n) is 3.42. The Balaban J connectivity index is 2.29. The fourth-order valence-corrected chi connectivity index (χ4v) is 2.14. The Hall–Kier alpha value is -1.85. The van der Waals surface area contributed by atoms with Gasteiger partial charge in [-0.3, -0.25) is 4.79 Å². The molecule has 1 aliphatic carbocycles. The number of rotatable bonds is 6. The van der Waals surface area contributed by atoms with E-state index < -0.39 is 11.5 Å². The molecule has 0 bridgehead atoms. The van der Waals surface area contributed by atoms with E-state index in [1.165, 1.54) is 6.20 Å². The number of aromatic nitrogens is 2. The topological polar surface area (TPSA) is 84.2 Å². The summed E-state index contributed by atoms with van der Waals surface area (Å²) >= 11 is 0. The Bertz CT molecular complexity index is 536. The van der Waals surface area contributed by atoms with Crippen LogP contribution in [-0.2, 0) is 4.79 Å². The molecule has 0 amide bonds. The average Bonchev–Trinajstić information content (AvgIpc) is 3.16. The monoisotopic (exact) mass is 265 g/mol. The summed E-state index contributed by atoms with van der Waals surface area (Å²) in [4.78, 5) is 27.5. The van der Waals surface area contributed by atoms with E-state index in [0.29, 0.717) is 12.8 Å². The number of nitrogens with one attached hydrogen (secondary N) is 1. The Morgan fingerprint density at radius 2 is 2.32 bits per heavy atom. The second-order valence-electron chi connectivity index (χ2n) is 5.23. The molecule has 1 atom stereocenters. The first-order valence-corrected chi connectivity index (χ1v) is 6.56. The van der Waals surface area contributed by atoms with Gasteiger partial charge in [0.15, 0.2) is 5.82 Å². The van der Waals surface area contributed by atoms with E-state index in [4.69, 9.17) is 0 Å². The number of carboxylic acids is 1. The highest BCUT2D eigenvalue weighted by molar-refractivity contribution is 5.81. The summed E-state index contributed by atoms with van der Waals surface area (Å²) in [6.07, 6.45) is 6.32. The molecular weight excluding hydrogens is 246 g/mol. The number of hydrogen-bond donors (Lipinski definition) is 2. The van der Waals surface area contributed by atoms with Crippen LogP contribution < -0.4 is 10.9 Å². The number of aliphatic carboxylic acids is 1. The van der Waals surface area contributed by atoms with Crippen LogP contribution in [0.25, 0.3) is 0 Å². The van der Waals surface area contributed by atoms with Crippen molar-refractivity contribution in [2.24, 2.45) is 0 Å². The van der Waals surface area contributed by atoms with Gasteiger partial charge < -0.3 is 15.0 Å². The second-order valence-corrected chi connectivity index (χ2v) is 5.23. The van der Waals surface area contributed by atoms with Gasteiger partial charge in [0.2, 0.25) is 0 Å². The second kappa shape index (κ2) is 5.03. The van der Waals surface area contributed by atoms with Gasteiger partial charge in [-0.25, -0.2) is 9.78 Å². The minimum atomic E-state index is -1.16. The molecule has 1 aliphatic rings. The number of nitrogens with zero attached hydrogens (tertiary/aromatic N) is 2. The number of carboxylic acid groups (broad SMARTS) is 1. The largest absolute Gasteiger partial charge is 0.480 e. The summed E-state index contributed by atoms with van der Waals surface area (Å²) in [5.74, 6) is -0.856. The standard InChI is InChI=1S/C13H19N3O3/c1-3-6-13(2,12(18)19)15-10-11(17)16(8-7-14-10)9-4-5-9/h7-9H,3-6H2,1-2H3,(H,14,15)(H,18,19). The molecule has 6 heteroatoms. The van der Waals surface area contributed by atoms with Crippen LogP contribution in [0.2, 0.25) is 0 Å². The lowest BCUT2D eigenvalue weighted by Gasteiger charge is -2.26. The van der Waals surface area contributed by atoms with Gasteiger partial charge in [-0.1, -0.05) is 13.3 Å². The van der Waals surface area contributed by atoms with Gasteiger partial charge in [0.05, 0.1) is 0 Å². The van der Waals surface area contributed by atoms with E-state index in [-0.39, 0.29) is 17.4 Å². The first-order valence-electron chi connectivity index (χ1n) is 6.56. The normalized spacial score (nSPS) is 17.8. The molecule has 2 rings (SSSR count). The molecule has 104 valence electrons. The summed E-state index contributed by atoms with van der Waals surface area (Å²) in [6, 6.07) is 0.248. The summed E-state index contributed by atoms with van der Waals surface area (Å²) < 4.78 is 1.63. The summed E-state index contributed by atoms with van der Waals surface area (Å²) in [6.45, 7) is 3.48. The van der Waals surface area contributed by atoms with Crippen LogP contribution in [0.5, 0.6) is 0 Å². The van der Waals surface area contributed by atoms with Crippen LogP contribution in [0.3, 0.4) is 0 Å². The van der Waals surface area contributed by atoms with Gasteiger partial charge in [0.1, 0.15) is 5.54 Å². The third-order valence-corrected chi connectivity index (χ3v) is 3.42. The van der Waals surface area contributed by atoms with Crippen LogP contribution in [0, 0.1) is 0 Å². The van der Waals surface area contributed by atoms with E-state index in [9.17, 15) is 14.7 Å². The molecule has 1 aromatic rings. The smallest absolute Gasteiger partial charge is 0.329 e. The minimum Gasteiger partial charge on any atom is -0.480 e. The highest BCUT2D eigenvalue weighted by Crippen LogP contribution is 2.33. The van der Waals surface area contributed by atoms with Gasteiger partial charge in [0, 0.05) is 18.4 Å². The van der Waals surface area contributed by atoms with Crippen LogP contribution in [0.1, 0.15) is 45.6 Å². The van der Waals surface area contributed by atoms with Gasteiger partial charge in [-0.15, -0.1) is 0 Å².